The van der Waals surface area contributed by atoms with Gasteiger partial charge in [-0.05, 0) is 31.4 Å². The lowest BCUT2D eigenvalue weighted by Crippen LogP contribution is -2.39. The van der Waals surface area contributed by atoms with Crippen LogP contribution in [0.4, 0.5) is 21.7 Å². The standard InChI is InChI=1S/C21H29FN6O3/c1-12(23)17(9-13-3-4-13)27-21-16(22)11-15(19(24)29)20(28-21)26-14-5-6-25-18(10-14)31-8-7-30-2/h5-6,10-13,17H,3-4,7-9,23H2,1-2H3,(H2,24,29)(H2,25,26,27,28)/t12-,17+/m0/s1. The van der Waals surface area contributed by atoms with Crippen LogP contribution in [-0.4, -0.2) is 48.3 Å². The first-order valence-electron chi connectivity index (χ1n) is 10.2. The highest BCUT2D eigenvalue weighted by Crippen LogP contribution is 2.35. The molecule has 2 aromatic heterocycles. The molecule has 2 heterocycles. The summed E-state index contributed by atoms with van der Waals surface area (Å²) in [6, 6.07) is 4.05. The van der Waals surface area contributed by atoms with Crippen molar-refractivity contribution in [2.45, 2.75) is 38.3 Å². The molecule has 168 valence electrons. The van der Waals surface area contributed by atoms with Gasteiger partial charge in [-0.2, -0.15) is 0 Å². The van der Waals surface area contributed by atoms with E-state index < -0.39 is 11.7 Å². The van der Waals surface area contributed by atoms with Gasteiger partial charge in [-0.3, -0.25) is 4.79 Å². The fraction of sp³-hybridized carbons (Fsp3) is 0.476. The van der Waals surface area contributed by atoms with Crippen LogP contribution in [0.2, 0.25) is 0 Å². The summed E-state index contributed by atoms with van der Waals surface area (Å²) in [5.74, 6) is -0.361. The van der Waals surface area contributed by atoms with E-state index in [4.69, 9.17) is 20.9 Å². The van der Waals surface area contributed by atoms with Gasteiger partial charge in [-0.15, -0.1) is 0 Å². The van der Waals surface area contributed by atoms with Crippen LogP contribution < -0.4 is 26.8 Å². The van der Waals surface area contributed by atoms with Gasteiger partial charge in [0.15, 0.2) is 11.6 Å². The fourth-order valence-electron chi connectivity index (χ4n) is 3.10. The Morgan fingerprint density at radius 1 is 1.32 bits per heavy atom. The summed E-state index contributed by atoms with van der Waals surface area (Å²) in [5.41, 5.74) is 12.0. The Labute approximate surface area is 180 Å². The number of rotatable bonds is 12. The van der Waals surface area contributed by atoms with Crippen LogP contribution in [0.1, 0.15) is 36.5 Å². The molecule has 9 nitrogen and oxygen atoms in total. The summed E-state index contributed by atoms with van der Waals surface area (Å²) in [6.07, 6.45) is 4.70. The normalized spacial score (nSPS) is 15.2. The Hall–Kier alpha value is -2.98. The number of nitrogens with zero attached hydrogens (tertiary/aromatic N) is 2. The van der Waals surface area contributed by atoms with Gasteiger partial charge in [-0.25, -0.2) is 14.4 Å². The lowest BCUT2D eigenvalue weighted by Gasteiger charge is -2.24. The molecule has 3 rings (SSSR count). The van der Waals surface area contributed by atoms with Crippen molar-refractivity contribution in [1.82, 2.24) is 9.97 Å². The highest BCUT2D eigenvalue weighted by atomic mass is 19.1. The van der Waals surface area contributed by atoms with Crippen molar-refractivity contribution < 1.29 is 18.7 Å². The Bertz CT molecular complexity index is 907. The number of halogens is 1. The van der Waals surface area contributed by atoms with E-state index in [2.05, 4.69) is 20.6 Å². The summed E-state index contributed by atoms with van der Waals surface area (Å²) in [6.45, 7) is 2.63. The number of ether oxygens (including phenoxy) is 2. The van der Waals surface area contributed by atoms with Gasteiger partial charge in [0.05, 0.1) is 12.2 Å². The average molecular weight is 433 g/mol. The second-order valence-corrected chi connectivity index (χ2v) is 7.72. The minimum absolute atomic E-state index is 0.0149. The van der Waals surface area contributed by atoms with Gasteiger partial charge < -0.3 is 31.6 Å². The number of hydrogen-bond acceptors (Lipinski definition) is 8. The lowest BCUT2D eigenvalue weighted by molar-refractivity contribution is 0.100. The third kappa shape index (κ3) is 6.50. The molecule has 0 saturated heterocycles. The van der Waals surface area contributed by atoms with Crippen molar-refractivity contribution in [3.8, 4) is 5.88 Å². The predicted octanol–water partition coefficient (Wildman–Crippen LogP) is 2.41. The first-order chi connectivity index (χ1) is 14.9. The maximum absolute atomic E-state index is 14.7. The smallest absolute Gasteiger partial charge is 0.252 e. The number of methoxy groups -OCH3 is 1. The molecule has 10 heteroatoms. The van der Waals surface area contributed by atoms with Gasteiger partial charge >= 0.3 is 0 Å². The molecule has 0 aromatic carbocycles. The molecule has 0 radical (unpaired) electrons. The molecule has 0 aliphatic heterocycles. The van der Waals surface area contributed by atoms with Gasteiger partial charge in [0.2, 0.25) is 5.88 Å². The molecule has 0 bridgehead atoms. The van der Waals surface area contributed by atoms with Gasteiger partial charge in [-0.1, -0.05) is 12.8 Å². The number of nitrogens with one attached hydrogen (secondary N) is 2. The van der Waals surface area contributed by atoms with Crippen LogP contribution in [-0.2, 0) is 4.74 Å². The molecule has 1 aliphatic rings. The monoisotopic (exact) mass is 432 g/mol. The topological polar surface area (TPSA) is 137 Å². The van der Waals surface area contributed by atoms with Crippen LogP contribution in [0.25, 0.3) is 0 Å². The zero-order chi connectivity index (χ0) is 22.4. The van der Waals surface area contributed by atoms with E-state index in [1.807, 2.05) is 6.92 Å². The van der Waals surface area contributed by atoms with Crippen LogP contribution in [0.5, 0.6) is 5.88 Å². The summed E-state index contributed by atoms with van der Waals surface area (Å²) < 4.78 is 25.1. The molecular formula is C21H29FN6O3. The van der Waals surface area contributed by atoms with Crippen LogP contribution in [0, 0.1) is 11.7 Å². The third-order valence-corrected chi connectivity index (χ3v) is 5.02. The van der Waals surface area contributed by atoms with E-state index in [1.54, 1.807) is 25.4 Å². The van der Waals surface area contributed by atoms with Crippen LogP contribution in [0.3, 0.4) is 0 Å². The molecule has 0 unspecified atom stereocenters. The highest BCUT2D eigenvalue weighted by molar-refractivity contribution is 5.98. The summed E-state index contributed by atoms with van der Waals surface area (Å²) in [5, 5.41) is 6.11. The van der Waals surface area contributed by atoms with Crippen molar-refractivity contribution >= 4 is 23.2 Å². The van der Waals surface area contributed by atoms with Gasteiger partial charge in [0.25, 0.3) is 5.91 Å². The lowest BCUT2D eigenvalue weighted by atomic mass is 10.0. The average Bonchev–Trinajstić information content (AvgIpc) is 3.54. The Balaban J connectivity index is 1.83. The highest BCUT2D eigenvalue weighted by Gasteiger charge is 2.28. The van der Waals surface area contributed by atoms with E-state index in [-0.39, 0.29) is 29.3 Å². The Morgan fingerprint density at radius 2 is 2.10 bits per heavy atom. The molecule has 2 aromatic rings. The SMILES string of the molecule is COCCOc1cc(Nc2nc(N[C@H](CC3CC3)[C@H](C)N)c(F)cc2C(N)=O)ccn1. The van der Waals surface area contributed by atoms with Crippen LogP contribution >= 0.6 is 0 Å². The van der Waals surface area contributed by atoms with Crippen molar-refractivity contribution in [2.75, 3.05) is 31.0 Å². The number of anilines is 3. The molecule has 1 amide bonds. The number of hydrogen-bond donors (Lipinski definition) is 4. The van der Waals surface area contributed by atoms with E-state index in [0.717, 1.165) is 25.3 Å². The zero-order valence-electron chi connectivity index (χ0n) is 17.7. The molecule has 0 spiro atoms. The molecule has 31 heavy (non-hydrogen) atoms. The predicted molar refractivity (Wildman–Crippen MR) is 116 cm³/mol. The van der Waals surface area contributed by atoms with E-state index in [0.29, 0.717) is 30.7 Å². The number of nitrogens with two attached hydrogens (primary N) is 2. The molecule has 6 N–H and O–H groups in total. The van der Waals surface area contributed by atoms with Crippen molar-refractivity contribution in [3.05, 3.63) is 35.8 Å². The van der Waals surface area contributed by atoms with Gasteiger partial charge in [0, 0.05) is 37.1 Å². The Kier molecular flexibility index (Phi) is 7.59. The number of aromatic nitrogens is 2. The van der Waals surface area contributed by atoms with Crippen LogP contribution in [0.15, 0.2) is 24.4 Å². The molecule has 2 atom stereocenters. The number of carbonyl (C=O) groups excluding carboxylic acids is 1. The minimum atomic E-state index is -0.798. The van der Waals surface area contributed by atoms with Crippen molar-refractivity contribution in [2.24, 2.45) is 17.4 Å². The molecule has 1 fully saturated rings. The second kappa shape index (κ2) is 10.4. The maximum atomic E-state index is 14.7. The van der Waals surface area contributed by atoms with E-state index in [9.17, 15) is 9.18 Å². The minimum Gasteiger partial charge on any atom is -0.475 e. The fourth-order valence-corrected chi connectivity index (χ4v) is 3.10. The first kappa shape index (κ1) is 22.7. The molecule has 1 aliphatic carbocycles. The summed E-state index contributed by atoms with van der Waals surface area (Å²) in [4.78, 5) is 20.3. The zero-order valence-corrected chi connectivity index (χ0v) is 17.7. The van der Waals surface area contributed by atoms with Gasteiger partial charge in [0.1, 0.15) is 12.4 Å². The van der Waals surface area contributed by atoms with Crippen molar-refractivity contribution in [1.29, 1.82) is 0 Å². The number of amides is 1. The quantitative estimate of drug-likeness (QED) is 0.375. The summed E-state index contributed by atoms with van der Waals surface area (Å²) >= 11 is 0. The maximum Gasteiger partial charge on any atom is 0.252 e. The molecule has 1 saturated carbocycles. The van der Waals surface area contributed by atoms with E-state index >= 15 is 0 Å². The summed E-state index contributed by atoms with van der Waals surface area (Å²) in [7, 11) is 1.58. The third-order valence-electron chi connectivity index (χ3n) is 5.02. The first-order valence-corrected chi connectivity index (χ1v) is 10.2. The number of carbonyl (C=O) groups is 1. The van der Waals surface area contributed by atoms with E-state index in [1.165, 1.54) is 0 Å². The molecular weight excluding hydrogens is 403 g/mol. The largest absolute Gasteiger partial charge is 0.475 e. The Morgan fingerprint density at radius 3 is 2.74 bits per heavy atom. The number of primary amides is 1. The number of pyridine rings is 2. The van der Waals surface area contributed by atoms with Crippen molar-refractivity contribution in [3.63, 3.8) is 0 Å². The second-order valence-electron chi connectivity index (χ2n) is 7.72.